The third-order valence-corrected chi connectivity index (χ3v) is 5.12. The van der Waals surface area contributed by atoms with E-state index in [9.17, 15) is 12.8 Å². The monoisotopic (exact) mass is 533 g/mol. The van der Waals surface area contributed by atoms with Crippen molar-refractivity contribution in [1.29, 1.82) is 0 Å². The van der Waals surface area contributed by atoms with E-state index in [-0.39, 0.29) is 36.3 Å². The second-order valence-electron chi connectivity index (χ2n) is 6.65. The summed E-state index contributed by atoms with van der Waals surface area (Å²) in [6.07, 6.45) is 2.11. The van der Waals surface area contributed by atoms with Crippen LogP contribution < -0.4 is 10.6 Å². The van der Waals surface area contributed by atoms with Crippen LogP contribution in [0, 0.1) is 5.82 Å². The molecular weight excluding hydrogens is 504 g/mol. The molecule has 0 spiro atoms. The highest BCUT2D eigenvalue weighted by molar-refractivity contribution is 14.0. The van der Waals surface area contributed by atoms with Crippen LogP contribution in [0.3, 0.4) is 0 Å². The summed E-state index contributed by atoms with van der Waals surface area (Å²) in [5.74, 6) is 0.0617. The number of benzene rings is 2. The summed E-state index contributed by atoms with van der Waals surface area (Å²) in [6, 6.07) is 12.3. The lowest BCUT2D eigenvalue weighted by atomic mass is 10.1. The molecule has 0 aromatic heterocycles. The first-order chi connectivity index (χ1) is 13.3. The average molecular weight is 533 g/mol. The first kappa shape index (κ1) is 25.4. The summed E-state index contributed by atoms with van der Waals surface area (Å²) in [6.45, 7) is 5.57. The zero-order valence-electron chi connectivity index (χ0n) is 17.0. The number of nitrogens with zero attached hydrogens (tertiary/aromatic N) is 1. The molecule has 160 valence electrons. The van der Waals surface area contributed by atoms with Crippen LogP contribution in [0.2, 0.25) is 0 Å². The zero-order valence-corrected chi connectivity index (χ0v) is 20.2. The molecule has 2 rings (SSSR count). The van der Waals surface area contributed by atoms with Crippen molar-refractivity contribution in [2.45, 2.75) is 39.1 Å². The number of rotatable bonds is 8. The van der Waals surface area contributed by atoms with E-state index in [1.165, 1.54) is 35.6 Å². The van der Waals surface area contributed by atoms with E-state index in [0.29, 0.717) is 30.2 Å². The number of aryl methyl sites for hydroxylation is 1. The van der Waals surface area contributed by atoms with Gasteiger partial charge in [0.05, 0.1) is 12.3 Å². The molecule has 0 heterocycles. The molecule has 0 bridgehead atoms. The largest absolute Gasteiger partial charge is 0.357 e. The standard InChI is InChI=1S/C21H28FN3O2S.HI/c1-4-16-8-6-7-9-17(16)13-24-21(23-5-2)25-14-19-12-20(22)11-10-18(19)15-28(3,26)27;/h6-12H,4-5,13-15H2,1-3H3,(H2,23,24,25);1H. The Morgan fingerprint density at radius 3 is 2.31 bits per heavy atom. The van der Waals surface area contributed by atoms with Crippen LogP contribution in [-0.4, -0.2) is 27.2 Å². The maximum atomic E-state index is 13.7. The van der Waals surface area contributed by atoms with Crippen LogP contribution in [-0.2, 0) is 35.1 Å². The minimum absolute atomic E-state index is 0. The number of nitrogens with one attached hydrogen (secondary N) is 2. The molecule has 0 aliphatic rings. The van der Waals surface area contributed by atoms with Crippen LogP contribution in [0.25, 0.3) is 0 Å². The van der Waals surface area contributed by atoms with Gasteiger partial charge < -0.3 is 10.6 Å². The van der Waals surface area contributed by atoms with E-state index >= 15 is 0 Å². The molecule has 2 aromatic rings. The van der Waals surface area contributed by atoms with Crippen molar-refractivity contribution in [2.75, 3.05) is 12.8 Å². The van der Waals surface area contributed by atoms with Crippen molar-refractivity contribution in [3.63, 3.8) is 0 Å². The number of hydrogen-bond donors (Lipinski definition) is 2. The number of aliphatic imine (C=N–C) groups is 1. The molecule has 5 nitrogen and oxygen atoms in total. The molecule has 0 radical (unpaired) electrons. The van der Waals surface area contributed by atoms with Crippen molar-refractivity contribution in [3.05, 3.63) is 70.5 Å². The van der Waals surface area contributed by atoms with Gasteiger partial charge in [-0.05, 0) is 47.7 Å². The fourth-order valence-electron chi connectivity index (χ4n) is 2.92. The summed E-state index contributed by atoms with van der Waals surface area (Å²) in [5.41, 5.74) is 3.60. The quantitative estimate of drug-likeness (QED) is 0.308. The molecule has 0 aliphatic heterocycles. The Hall–Kier alpha value is -1.68. The van der Waals surface area contributed by atoms with Gasteiger partial charge in [0, 0.05) is 19.3 Å². The van der Waals surface area contributed by atoms with Crippen molar-refractivity contribution in [2.24, 2.45) is 4.99 Å². The normalized spacial score (nSPS) is 11.7. The molecule has 2 N–H and O–H groups in total. The molecule has 0 unspecified atom stereocenters. The van der Waals surface area contributed by atoms with Gasteiger partial charge in [-0.25, -0.2) is 17.8 Å². The van der Waals surface area contributed by atoms with Crippen LogP contribution >= 0.6 is 24.0 Å². The summed E-state index contributed by atoms with van der Waals surface area (Å²) in [4.78, 5) is 4.52. The topological polar surface area (TPSA) is 70.6 Å². The van der Waals surface area contributed by atoms with Gasteiger partial charge in [0.2, 0.25) is 0 Å². The van der Waals surface area contributed by atoms with Gasteiger partial charge in [0.1, 0.15) is 5.82 Å². The van der Waals surface area contributed by atoms with E-state index < -0.39 is 15.7 Å². The molecule has 0 amide bonds. The summed E-state index contributed by atoms with van der Waals surface area (Å²) >= 11 is 0. The molecule has 0 fully saturated rings. The maximum absolute atomic E-state index is 13.7. The Morgan fingerprint density at radius 2 is 1.69 bits per heavy atom. The highest BCUT2D eigenvalue weighted by Crippen LogP contribution is 2.16. The van der Waals surface area contributed by atoms with Gasteiger partial charge in [0.25, 0.3) is 0 Å². The van der Waals surface area contributed by atoms with Crippen molar-refractivity contribution in [1.82, 2.24) is 10.6 Å². The van der Waals surface area contributed by atoms with Crippen molar-refractivity contribution < 1.29 is 12.8 Å². The second kappa shape index (κ2) is 12.1. The zero-order chi connectivity index (χ0) is 20.6. The summed E-state index contributed by atoms with van der Waals surface area (Å²) < 4.78 is 37.0. The summed E-state index contributed by atoms with van der Waals surface area (Å²) in [5, 5.41) is 6.46. The Kier molecular flexibility index (Phi) is 10.6. The van der Waals surface area contributed by atoms with Crippen LogP contribution in [0.15, 0.2) is 47.5 Å². The second-order valence-corrected chi connectivity index (χ2v) is 8.79. The molecule has 0 atom stereocenters. The van der Waals surface area contributed by atoms with Crippen LogP contribution in [0.4, 0.5) is 4.39 Å². The van der Waals surface area contributed by atoms with Gasteiger partial charge in [-0.15, -0.1) is 24.0 Å². The van der Waals surface area contributed by atoms with Gasteiger partial charge >= 0.3 is 0 Å². The smallest absolute Gasteiger partial charge is 0.191 e. The number of guanidine groups is 1. The number of sulfone groups is 1. The minimum atomic E-state index is -3.22. The van der Waals surface area contributed by atoms with E-state index in [2.05, 4.69) is 34.7 Å². The fraction of sp³-hybridized carbons (Fsp3) is 0.381. The minimum Gasteiger partial charge on any atom is -0.357 e. The first-order valence-corrected chi connectivity index (χ1v) is 11.4. The molecule has 8 heteroatoms. The van der Waals surface area contributed by atoms with Gasteiger partial charge in [-0.3, -0.25) is 0 Å². The third-order valence-electron chi connectivity index (χ3n) is 4.28. The van der Waals surface area contributed by atoms with E-state index in [4.69, 9.17) is 0 Å². The van der Waals surface area contributed by atoms with E-state index in [0.717, 1.165) is 6.42 Å². The predicted molar refractivity (Wildman–Crippen MR) is 128 cm³/mol. The maximum Gasteiger partial charge on any atom is 0.191 e. The van der Waals surface area contributed by atoms with E-state index in [1.807, 2.05) is 19.1 Å². The van der Waals surface area contributed by atoms with E-state index in [1.54, 1.807) is 0 Å². The Balaban J connectivity index is 0.00000420. The first-order valence-electron chi connectivity index (χ1n) is 9.36. The van der Waals surface area contributed by atoms with Crippen LogP contribution in [0.5, 0.6) is 0 Å². The third kappa shape index (κ3) is 8.69. The lowest BCUT2D eigenvalue weighted by Crippen LogP contribution is -2.37. The lowest BCUT2D eigenvalue weighted by molar-refractivity contribution is 0.600. The highest BCUT2D eigenvalue weighted by atomic mass is 127. The number of hydrogen-bond acceptors (Lipinski definition) is 3. The number of halogens is 2. The fourth-order valence-corrected chi connectivity index (χ4v) is 3.77. The highest BCUT2D eigenvalue weighted by Gasteiger charge is 2.11. The van der Waals surface area contributed by atoms with Gasteiger partial charge in [0.15, 0.2) is 15.8 Å². The predicted octanol–water partition coefficient (Wildman–Crippen LogP) is 3.81. The molecule has 29 heavy (non-hydrogen) atoms. The Morgan fingerprint density at radius 1 is 1.00 bits per heavy atom. The molecule has 0 saturated heterocycles. The Bertz CT molecular complexity index is 933. The van der Waals surface area contributed by atoms with Crippen molar-refractivity contribution in [3.8, 4) is 0 Å². The van der Waals surface area contributed by atoms with Crippen molar-refractivity contribution >= 4 is 39.8 Å². The molecular formula is C21H29FIN3O2S. The lowest BCUT2D eigenvalue weighted by Gasteiger charge is -2.14. The average Bonchev–Trinajstić information content (AvgIpc) is 2.65. The molecule has 0 saturated carbocycles. The summed E-state index contributed by atoms with van der Waals surface area (Å²) in [7, 11) is -3.22. The molecule has 0 aliphatic carbocycles. The Labute approximate surface area is 190 Å². The van der Waals surface area contributed by atoms with Gasteiger partial charge in [-0.2, -0.15) is 0 Å². The van der Waals surface area contributed by atoms with Crippen LogP contribution in [0.1, 0.15) is 36.1 Å². The SMILES string of the molecule is CCNC(=NCc1cc(F)ccc1CS(C)(=O)=O)NCc1ccccc1CC.I. The van der Waals surface area contributed by atoms with Gasteiger partial charge in [-0.1, -0.05) is 37.3 Å². The molecule has 2 aromatic carbocycles.